The van der Waals surface area contributed by atoms with Gasteiger partial charge in [0.25, 0.3) is 0 Å². The van der Waals surface area contributed by atoms with Gasteiger partial charge in [0, 0.05) is 0 Å². The third-order valence-electron chi connectivity index (χ3n) is 4.51. The molecule has 0 amide bonds. The second kappa shape index (κ2) is 20.7. The van der Waals surface area contributed by atoms with Crippen LogP contribution in [0.3, 0.4) is 0 Å². The first-order valence-corrected chi connectivity index (χ1v) is 10.4. The number of aliphatic hydroxyl groups is 1. The van der Waals surface area contributed by atoms with E-state index in [2.05, 4.69) is 13.8 Å². The summed E-state index contributed by atoms with van der Waals surface area (Å²) in [5, 5.41) is 8.98. The van der Waals surface area contributed by atoms with Gasteiger partial charge in [-0.2, -0.15) is 0 Å². The van der Waals surface area contributed by atoms with E-state index in [4.69, 9.17) is 9.84 Å². The standard InChI is InChI=1S/C21H42O3.Na.H/c1-19(2)17-15-13-11-9-7-5-4-6-8-10-12-14-16-18-24-21(23)20(3)22;;/h19-20,22H,4-18H2,1-3H3;;. The second-order valence-electron chi connectivity index (χ2n) is 7.62. The van der Waals surface area contributed by atoms with Gasteiger partial charge in [0.2, 0.25) is 0 Å². The molecule has 25 heavy (non-hydrogen) atoms. The van der Waals surface area contributed by atoms with Crippen molar-refractivity contribution in [1.82, 2.24) is 0 Å². The van der Waals surface area contributed by atoms with Crippen molar-refractivity contribution in [2.75, 3.05) is 6.61 Å². The minimum absolute atomic E-state index is 0. The molecule has 0 aliphatic rings. The summed E-state index contributed by atoms with van der Waals surface area (Å²) < 4.78 is 4.93. The van der Waals surface area contributed by atoms with Gasteiger partial charge in [0.1, 0.15) is 6.10 Å². The van der Waals surface area contributed by atoms with Crippen LogP contribution in [0.1, 0.15) is 111 Å². The summed E-state index contributed by atoms with van der Waals surface area (Å²) >= 11 is 0. The van der Waals surface area contributed by atoms with Crippen LogP contribution in [0.25, 0.3) is 0 Å². The Hall–Kier alpha value is 0.430. The Morgan fingerprint density at radius 2 is 1.08 bits per heavy atom. The molecule has 0 aliphatic carbocycles. The molecule has 0 saturated heterocycles. The average molecular weight is 367 g/mol. The number of ether oxygens (including phenoxy) is 1. The minimum atomic E-state index is -0.995. The number of hydrogen-bond donors (Lipinski definition) is 1. The summed E-state index contributed by atoms with van der Waals surface area (Å²) in [6, 6.07) is 0. The quantitative estimate of drug-likeness (QED) is 0.214. The normalized spacial score (nSPS) is 12.0. The molecule has 3 nitrogen and oxygen atoms in total. The first-order chi connectivity index (χ1) is 11.5. The molecule has 0 bridgehead atoms. The molecule has 1 N–H and O–H groups in total. The summed E-state index contributed by atoms with van der Waals surface area (Å²) in [5.74, 6) is 0.360. The first kappa shape index (κ1) is 27.6. The van der Waals surface area contributed by atoms with Gasteiger partial charge in [-0.3, -0.25) is 0 Å². The number of carbonyl (C=O) groups excluding carboxylic acids is 1. The molecule has 0 fully saturated rings. The molecule has 1 unspecified atom stereocenters. The van der Waals surface area contributed by atoms with Crippen LogP contribution in [-0.2, 0) is 9.53 Å². The van der Waals surface area contributed by atoms with Gasteiger partial charge in [-0.15, -0.1) is 0 Å². The van der Waals surface area contributed by atoms with Crippen molar-refractivity contribution in [1.29, 1.82) is 0 Å². The van der Waals surface area contributed by atoms with Crippen LogP contribution >= 0.6 is 0 Å². The Morgan fingerprint density at radius 3 is 1.44 bits per heavy atom. The van der Waals surface area contributed by atoms with Crippen molar-refractivity contribution in [3.63, 3.8) is 0 Å². The number of unbranched alkanes of at least 4 members (excludes halogenated alkanes) is 12. The number of carbonyl (C=O) groups is 1. The van der Waals surface area contributed by atoms with Crippen molar-refractivity contribution in [2.45, 2.75) is 117 Å². The van der Waals surface area contributed by atoms with Crippen molar-refractivity contribution in [3.8, 4) is 0 Å². The van der Waals surface area contributed by atoms with E-state index in [1.54, 1.807) is 0 Å². The molecule has 0 aliphatic heterocycles. The molecular formula is C21H43NaO3. The Bertz CT molecular complexity index is 280. The van der Waals surface area contributed by atoms with Crippen LogP contribution in [0.15, 0.2) is 0 Å². The molecule has 0 radical (unpaired) electrons. The second-order valence-corrected chi connectivity index (χ2v) is 7.62. The zero-order valence-electron chi connectivity index (χ0n) is 16.5. The van der Waals surface area contributed by atoms with Crippen molar-refractivity contribution < 1.29 is 14.6 Å². The molecule has 0 heterocycles. The number of rotatable bonds is 17. The third-order valence-corrected chi connectivity index (χ3v) is 4.51. The van der Waals surface area contributed by atoms with Crippen molar-refractivity contribution in [3.05, 3.63) is 0 Å². The van der Waals surface area contributed by atoms with E-state index < -0.39 is 12.1 Å². The molecule has 0 aromatic heterocycles. The summed E-state index contributed by atoms with van der Waals surface area (Å²) in [4.78, 5) is 11.0. The van der Waals surface area contributed by atoms with Gasteiger partial charge in [0.05, 0.1) is 6.61 Å². The summed E-state index contributed by atoms with van der Waals surface area (Å²) in [7, 11) is 0. The zero-order valence-corrected chi connectivity index (χ0v) is 16.5. The number of aliphatic hydroxyl groups excluding tert-OH is 1. The van der Waals surface area contributed by atoms with E-state index in [0.29, 0.717) is 6.61 Å². The van der Waals surface area contributed by atoms with Gasteiger partial charge < -0.3 is 9.84 Å². The zero-order chi connectivity index (χ0) is 18.0. The summed E-state index contributed by atoms with van der Waals surface area (Å²) in [5.41, 5.74) is 0. The fraction of sp³-hybridized carbons (Fsp3) is 0.952. The number of esters is 1. The Balaban J connectivity index is 0. The van der Waals surface area contributed by atoms with Crippen LogP contribution in [0.5, 0.6) is 0 Å². The van der Waals surface area contributed by atoms with Crippen LogP contribution in [0, 0.1) is 5.92 Å². The monoisotopic (exact) mass is 366 g/mol. The molecular weight excluding hydrogens is 323 g/mol. The maximum atomic E-state index is 11.0. The van der Waals surface area contributed by atoms with Gasteiger partial charge in [-0.1, -0.05) is 97.3 Å². The van der Waals surface area contributed by atoms with E-state index in [-0.39, 0.29) is 29.6 Å². The third kappa shape index (κ3) is 22.4. The molecule has 146 valence electrons. The van der Waals surface area contributed by atoms with E-state index in [1.165, 1.54) is 84.0 Å². The molecule has 0 saturated carbocycles. The predicted octanol–water partition coefficient (Wildman–Crippen LogP) is 5.38. The van der Waals surface area contributed by atoms with Crippen molar-refractivity contribution in [2.24, 2.45) is 5.92 Å². The molecule has 0 rings (SSSR count). The summed E-state index contributed by atoms with van der Waals surface area (Å²) in [6.07, 6.45) is 17.5. The van der Waals surface area contributed by atoms with Crippen molar-refractivity contribution >= 4 is 35.5 Å². The fourth-order valence-electron chi connectivity index (χ4n) is 2.89. The SMILES string of the molecule is CC(C)CCCCCCCCCCCCCCCOC(=O)C(C)O.[NaH]. The number of hydrogen-bond acceptors (Lipinski definition) is 3. The van der Waals surface area contributed by atoms with Gasteiger partial charge >= 0.3 is 35.5 Å². The molecule has 0 spiro atoms. The average Bonchev–Trinajstić information content (AvgIpc) is 2.53. The van der Waals surface area contributed by atoms with Crippen LogP contribution in [0.2, 0.25) is 0 Å². The van der Waals surface area contributed by atoms with E-state index in [9.17, 15) is 4.79 Å². The van der Waals surface area contributed by atoms with Gasteiger partial charge in [-0.05, 0) is 19.3 Å². The topological polar surface area (TPSA) is 46.5 Å². The van der Waals surface area contributed by atoms with Crippen LogP contribution in [0.4, 0.5) is 0 Å². The Morgan fingerprint density at radius 1 is 0.720 bits per heavy atom. The Kier molecular flexibility index (Phi) is 22.9. The predicted molar refractivity (Wildman–Crippen MR) is 109 cm³/mol. The summed E-state index contributed by atoms with van der Waals surface area (Å²) in [6.45, 7) is 6.51. The Labute approximate surface area is 179 Å². The molecule has 0 aromatic rings. The molecule has 1 atom stereocenters. The molecule has 0 aromatic carbocycles. The van der Waals surface area contributed by atoms with E-state index >= 15 is 0 Å². The van der Waals surface area contributed by atoms with Crippen LogP contribution < -0.4 is 0 Å². The van der Waals surface area contributed by atoms with Gasteiger partial charge in [0.15, 0.2) is 0 Å². The first-order valence-electron chi connectivity index (χ1n) is 10.4. The maximum absolute atomic E-state index is 11.0. The molecule has 4 heteroatoms. The fourth-order valence-corrected chi connectivity index (χ4v) is 2.89. The van der Waals surface area contributed by atoms with E-state index in [0.717, 1.165) is 18.8 Å². The van der Waals surface area contributed by atoms with E-state index in [1.807, 2.05) is 0 Å². The van der Waals surface area contributed by atoms with Crippen LogP contribution in [-0.4, -0.2) is 53.3 Å². The van der Waals surface area contributed by atoms with Gasteiger partial charge in [-0.25, -0.2) is 4.79 Å².